The number of rotatable bonds is 3. The van der Waals surface area contributed by atoms with E-state index in [9.17, 15) is 5.11 Å². The van der Waals surface area contributed by atoms with Crippen molar-refractivity contribution in [2.45, 2.75) is 13.0 Å². The quantitative estimate of drug-likeness (QED) is 0.313. The van der Waals surface area contributed by atoms with Gasteiger partial charge in [-0.2, -0.15) is 29.3 Å². The third kappa shape index (κ3) is 8.84. The van der Waals surface area contributed by atoms with Gasteiger partial charge in [-0.1, -0.05) is 11.4 Å². The van der Waals surface area contributed by atoms with Crippen LogP contribution in [-0.2, 0) is 0 Å². The van der Waals surface area contributed by atoms with E-state index in [1.807, 2.05) is 30.3 Å². The van der Waals surface area contributed by atoms with Crippen LogP contribution in [-0.4, -0.2) is 52.2 Å². The Bertz CT molecular complexity index is 296. The van der Waals surface area contributed by atoms with E-state index in [1.165, 1.54) is 0 Å². The first-order valence-corrected chi connectivity index (χ1v) is 4.39. The van der Waals surface area contributed by atoms with Gasteiger partial charge in [-0.25, -0.2) is 0 Å². The number of hydrogen-bond acceptors (Lipinski definition) is 1. The standard InChI is InChI=1S/C11H11ClO.2ClH.2Mg/c1-8(2)11(13)10(12)9-6-4-3-5-7-9;;;;/h3-7,11H,1H2,2H3;2*1H;;/q-2;;;2*+2/p-2. The molecule has 0 bridgehead atoms. The molecular weight excluding hydrogens is 303 g/mol. The Morgan fingerprint density at radius 2 is 1.65 bits per heavy atom. The Morgan fingerprint density at radius 3 is 2.00 bits per heavy atom. The first kappa shape index (κ1) is 26.7. The summed E-state index contributed by atoms with van der Waals surface area (Å²) in [7, 11) is 0. The minimum atomic E-state index is -1.01. The van der Waals surface area contributed by atoms with E-state index < -0.39 is 6.10 Å². The van der Waals surface area contributed by atoms with E-state index in [4.69, 9.17) is 11.6 Å². The van der Waals surface area contributed by atoms with Gasteiger partial charge >= 0.3 is 46.1 Å². The SMILES string of the molecule is C=C(C)C([O-])[C-](Cl)c1ccccc1.[Cl-].[Cl-].[Mg+2].[Mg+2]. The Hall–Kier alpha value is 1.19. The second-order valence-electron chi connectivity index (χ2n) is 2.94. The van der Waals surface area contributed by atoms with Crippen molar-refractivity contribution >= 4 is 57.7 Å². The minimum absolute atomic E-state index is 0. The Kier molecular flexibility index (Phi) is 21.4. The zero-order chi connectivity index (χ0) is 9.84. The zero-order valence-corrected chi connectivity index (χ0v) is 14.7. The topological polar surface area (TPSA) is 23.1 Å². The van der Waals surface area contributed by atoms with E-state index in [0.29, 0.717) is 11.0 Å². The molecule has 0 aliphatic rings. The van der Waals surface area contributed by atoms with Crippen LogP contribution in [0.15, 0.2) is 42.5 Å². The molecule has 1 nitrogen and oxygen atoms in total. The van der Waals surface area contributed by atoms with Gasteiger partial charge < -0.3 is 29.9 Å². The summed E-state index contributed by atoms with van der Waals surface area (Å²) in [6.45, 7) is 5.27. The maximum atomic E-state index is 11.5. The maximum Gasteiger partial charge on any atom is 2.00 e. The van der Waals surface area contributed by atoms with Gasteiger partial charge in [0.1, 0.15) is 0 Å². The molecule has 0 saturated heterocycles. The minimum Gasteiger partial charge on any atom is -1.00 e. The van der Waals surface area contributed by atoms with Crippen LogP contribution < -0.4 is 29.9 Å². The summed E-state index contributed by atoms with van der Waals surface area (Å²) in [5.74, 6) is 0. The normalized spacial score (nSPS) is 9.35. The summed E-state index contributed by atoms with van der Waals surface area (Å²) >= 11 is 5.89. The van der Waals surface area contributed by atoms with Gasteiger partial charge in [0.2, 0.25) is 0 Å². The van der Waals surface area contributed by atoms with Gasteiger partial charge in [0.15, 0.2) is 0 Å². The molecule has 1 aromatic carbocycles. The van der Waals surface area contributed by atoms with E-state index >= 15 is 0 Å². The zero-order valence-electron chi connectivity index (χ0n) is 9.63. The van der Waals surface area contributed by atoms with Gasteiger partial charge in [0.05, 0.1) is 0 Å². The monoisotopic (exact) mass is 312 g/mol. The third-order valence-corrected chi connectivity index (χ3v) is 2.14. The summed E-state index contributed by atoms with van der Waals surface area (Å²) in [5.41, 5.74) is 1.31. The maximum absolute atomic E-state index is 11.5. The summed E-state index contributed by atoms with van der Waals surface area (Å²) < 4.78 is 0. The molecule has 1 atom stereocenters. The average Bonchev–Trinajstić information content (AvgIpc) is 2.17. The van der Waals surface area contributed by atoms with E-state index in [1.54, 1.807) is 6.92 Å². The molecule has 0 fully saturated rings. The summed E-state index contributed by atoms with van der Waals surface area (Å²) in [6, 6.07) is 9.21. The summed E-state index contributed by atoms with van der Waals surface area (Å²) in [5, 5.41) is 11.8. The first-order chi connectivity index (χ1) is 6.13. The average molecular weight is 314 g/mol. The van der Waals surface area contributed by atoms with Crippen LogP contribution >= 0.6 is 11.6 Å². The predicted octanol–water partition coefficient (Wildman–Crippen LogP) is -4.64. The number of hydrogen-bond donors (Lipinski definition) is 0. The van der Waals surface area contributed by atoms with Gasteiger partial charge in [-0.05, 0) is 6.92 Å². The van der Waals surface area contributed by atoms with Crippen molar-refractivity contribution in [1.82, 2.24) is 0 Å². The van der Waals surface area contributed by atoms with Crippen LogP contribution in [0.1, 0.15) is 12.5 Å². The molecule has 0 radical (unpaired) electrons. The fraction of sp³-hybridized carbons (Fsp3) is 0.182. The molecule has 0 aliphatic heterocycles. The molecule has 86 valence electrons. The van der Waals surface area contributed by atoms with Crippen molar-refractivity contribution in [1.29, 1.82) is 0 Å². The van der Waals surface area contributed by atoms with Crippen molar-refractivity contribution in [3.63, 3.8) is 0 Å². The van der Waals surface area contributed by atoms with Crippen molar-refractivity contribution < 1.29 is 29.9 Å². The molecule has 0 amide bonds. The van der Waals surface area contributed by atoms with Crippen LogP contribution in [0.5, 0.6) is 0 Å². The van der Waals surface area contributed by atoms with E-state index in [0.717, 1.165) is 5.56 Å². The number of benzene rings is 1. The van der Waals surface area contributed by atoms with Crippen molar-refractivity contribution in [2.24, 2.45) is 0 Å². The fourth-order valence-electron chi connectivity index (χ4n) is 0.965. The first-order valence-electron chi connectivity index (χ1n) is 4.02. The van der Waals surface area contributed by atoms with Crippen LogP contribution in [0.3, 0.4) is 0 Å². The predicted molar refractivity (Wildman–Crippen MR) is 64.8 cm³/mol. The molecule has 0 saturated carbocycles. The summed E-state index contributed by atoms with van der Waals surface area (Å²) in [4.78, 5) is 0. The smallest absolute Gasteiger partial charge is 1.00 e. The molecule has 1 aromatic rings. The Labute approximate surface area is 153 Å². The van der Waals surface area contributed by atoms with Gasteiger partial charge in [-0.15, -0.1) is 30.4 Å². The number of halogens is 3. The molecular formula is C11H11Cl3Mg2O. The molecule has 0 aliphatic carbocycles. The molecule has 17 heavy (non-hydrogen) atoms. The van der Waals surface area contributed by atoms with E-state index in [2.05, 4.69) is 6.58 Å². The largest absolute Gasteiger partial charge is 2.00 e. The molecule has 0 N–H and O–H groups in total. The van der Waals surface area contributed by atoms with Crippen molar-refractivity contribution in [3.8, 4) is 0 Å². The molecule has 0 heterocycles. The second kappa shape index (κ2) is 13.6. The molecule has 6 heteroatoms. The van der Waals surface area contributed by atoms with E-state index in [-0.39, 0.29) is 70.9 Å². The van der Waals surface area contributed by atoms with Gasteiger partial charge in [0.25, 0.3) is 0 Å². The van der Waals surface area contributed by atoms with Crippen LogP contribution in [0.2, 0.25) is 0 Å². The molecule has 1 unspecified atom stereocenters. The second-order valence-corrected chi connectivity index (χ2v) is 3.35. The Morgan fingerprint density at radius 1 is 1.24 bits per heavy atom. The fourth-order valence-corrected chi connectivity index (χ4v) is 1.28. The Balaban J connectivity index is -0.000000211. The van der Waals surface area contributed by atoms with Crippen LogP contribution in [0.4, 0.5) is 0 Å². The third-order valence-electron chi connectivity index (χ3n) is 1.73. The molecule has 0 spiro atoms. The van der Waals surface area contributed by atoms with Crippen LogP contribution in [0, 0.1) is 5.38 Å². The van der Waals surface area contributed by atoms with Crippen LogP contribution in [0.25, 0.3) is 0 Å². The van der Waals surface area contributed by atoms with Crippen molar-refractivity contribution in [3.05, 3.63) is 53.4 Å². The molecule has 0 aromatic heterocycles. The van der Waals surface area contributed by atoms with Crippen molar-refractivity contribution in [2.75, 3.05) is 0 Å². The molecule has 1 rings (SSSR count). The van der Waals surface area contributed by atoms with Gasteiger partial charge in [0, 0.05) is 0 Å². The summed E-state index contributed by atoms with van der Waals surface area (Å²) in [6.07, 6.45) is -1.01. The van der Waals surface area contributed by atoms with Gasteiger partial charge in [-0.3, -0.25) is 0 Å².